The molecule has 776 valence electrons. The Morgan fingerprint density at radius 2 is 1.13 bits per heavy atom. The Labute approximate surface area is 780 Å². The van der Waals surface area contributed by atoms with Crippen LogP contribution < -0.4 is 0 Å². The number of aliphatic hydroxyl groups is 22. The highest BCUT2D eigenvalue weighted by Crippen LogP contribution is 2.76. The fourth-order valence-corrected chi connectivity index (χ4v) is 23.3. The van der Waals surface area contributed by atoms with E-state index < -0.39 is 366 Å². The number of carboxylic acids is 1. The van der Waals surface area contributed by atoms with Crippen molar-refractivity contribution in [2.75, 3.05) is 39.6 Å². The lowest BCUT2D eigenvalue weighted by Crippen LogP contribution is -2.69. The number of rotatable bonds is 36. The smallest absolute Gasteiger partial charge is 0.364 e. The van der Waals surface area contributed by atoms with Gasteiger partial charge in [0.05, 0.1) is 100 Å². The number of carboxylic acid groups (broad SMARTS) is 1. The van der Waals surface area contributed by atoms with Crippen LogP contribution in [0.15, 0.2) is 11.6 Å². The number of fused-ring (bicyclic) bond motifs is 7. The number of allylic oxidation sites excluding steroid dienone is 2. The van der Waals surface area contributed by atoms with E-state index in [2.05, 4.69) is 19.9 Å². The largest absolute Gasteiger partial charge is 0.477 e. The van der Waals surface area contributed by atoms with E-state index in [0.717, 1.165) is 5.57 Å². The van der Waals surface area contributed by atoms with Crippen molar-refractivity contribution in [2.45, 2.75) is 418 Å². The van der Waals surface area contributed by atoms with Gasteiger partial charge in [0.1, 0.15) is 134 Å². The minimum atomic E-state index is -3.22. The van der Waals surface area contributed by atoms with Gasteiger partial charge in [-0.05, 0) is 123 Å². The third kappa shape index (κ3) is 21.8. The molecule has 0 radical (unpaired) electrons. The summed E-state index contributed by atoms with van der Waals surface area (Å²) in [6.45, 7) is 17.8. The third-order valence-corrected chi connectivity index (χ3v) is 32.2. The average molecular weight is 1950 g/mol. The maximum Gasteiger partial charge on any atom is 0.364 e. The molecule has 7 heterocycles. The molecule has 12 aliphatic rings. The van der Waals surface area contributed by atoms with E-state index in [0.29, 0.717) is 51.2 Å². The number of carbonyl (C=O) groups excluding carboxylic acids is 4. The van der Waals surface area contributed by atoms with Crippen molar-refractivity contribution in [3.63, 3.8) is 0 Å². The van der Waals surface area contributed by atoms with Gasteiger partial charge in [0, 0.05) is 19.3 Å². The highest BCUT2D eigenvalue weighted by molar-refractivity contribution is 5.80. The van der Waals surface area contributed by atoms with Crippen LogP contribution in [0.3, 0.4) is 0 Å². The van der Waals surface area contributed by atoms with Gasteiger partial charge in [0.2, 0.25) is 12.1 Å². The summed E-state index contributed by atoms with van der Waals surface area (Å²) >= 11 is 0. The molecule has 0 aromatic heterocycles. The zero-order chi connectivity index (χ0) is 99.5. The maximum atomic E-state index is 16.3. The van der Waals surface area contributed by atoms with E-state index in [1.54, 1.807) is 27.7 Å². The molecule has 0 spiro atoms. The van der Waals surface area contributed by atoms with Crippen molar-refractivity contribution in [3.05, 3.63) is 11.6 Å². The van der Waals surface area contributed by atoms with Gasteiger partial charge in [-0.15, -0.1) is 0 Å². The minimum Gasteiger partial charge on any atom is -0.477 e. The molecule has 45 nitrogen and oxygen atoms in total. The molecule has 11 fully saturated rings. The highest BCUT2D eigenvalue weighted by atomic mass is 16.8. The molecular weight excluding hydrogens is 1800 g/mol. The Morgan fingerprint density at radius 3 is 1.73 bits per heavy atom. The lowest BCUT2D eigenvalue weighted by Gasteiger charge is -2.71. The second-order valence-electron chi connectivity index (χ2n) is 41.6. The lowest BCUT2D eigenvalue weighted by molar-refractivity contribution is -0.400. The number of hydrogen-bond acceptors (Lipinski definition) is 44. The molecule has 7 saturated heterocycles. The van der Waals surface area contributed by atoms with E-state index >= 15 is 4.79 Å². The van der Waals surface area contributed by atoms with Crippen LogP contribution >= 0.6 is 0 Å². The van der Waals surface area contributed by atoms with E-state index in [1.807, 2.05) is 27.7 Å². The standard InChI is InChI=1S/C90H146O45/c1-13-37(3)49(125-57(101)25-42(95)24-50(38(4)14-2)134-90(118)36-122-52(31-92)73(90)112)23-41(94)26-58(102)128-69-40(6)124-79(72(66(69)110)132-78-65(109)62(106)68(39(5)123-78)130-77-67(111)70(48(99)34-121-77)131-76-64(108)60(104)47(98)33-120-76)133-82(116)88-22-21-83(7,8)27-44(88)43-15-16-54-84(9)19-18-56(85(10,35-93)53(84)17-20-86(54,11)87(43,12)29-55(88)100)127-80-71(129-74(113)61(105)45(96)30-91)51(28-89(117,135-80)81(114)115)126-75-63(107)59(103)46(97)32-119-75/h15,35,37-42,44-56,59-80,91-92,94-100,103-113,117-118H,13-14,16-34,36H2,1-12H3,(H,114,115)/t37-,38-,39?,40?,41-,42-,44?,45?,46+,47?,48?,49-,50-,51?,52-,53?,54?,55+,56-,59?,60-,61-,62?,63?,64?,65?,66?,67?,68-,69+,70-,71?,72?,73?,74?,75-,76+,77+,78-,79-,80+,84-,85-,86+,87+,88+,89?,90?/m0/s1. The number of aliphatic hydroxyl groups excluding tert-OH is 20. The summed E-state index contributed by atoms with van der Waals surface area (Å²) in [6, 6.07) is 0. The van der Waals surface area contributed by atoms with Crippen LogP contribution in [0.1, 0.15) is 186 Å². The number of aldehydes is 1. The molecule has 23 N–H and O–H groups in total. The summed E-state index contributed by atoms with van der Waals surface area (Å²) in [5.74, 6) is -13.1. The Kier molecular flexibility index (Phi) is 35.3. The molecule has 7 aliphatic heterocycles. The number of esters is 3. The fourth-order valence-electron chi connectivity index (χ4n) is 23.3. The summed E-state index contributed by atoms with van der Waals surface area (Å²) in [6.07, 6.45) is -61.0. The first-order valence-electron chi connectivity index (χ1n) is 47.2. The maximum absolute atomic E-state index is 16.3. The second kappa shape index (κ2) is 43.4. The van der Waals surface area contributed by atoms with Crippen LogP contribution in [0.2, 0.25) is 0 Å². The molecule has 22 unspecified atom stereocenters. The van der Waals surface area contributed by atoms with E-state index in [1.165, 1.54) is 13.8 Å². The summed E-state index contributed by atoms with van der Waals surface area (Å²) in [5, 5.41) is 255. The van der Waals surface area contributed by atoms with Crippen molar-refractivity contribution in [1.82, 2.24) is 0 Å². The first-order valence-corrected chi connectivity index (χ1v) is 47.2. The average Bonchev–Trinajstić information content (AvgIpc) is 0.913. The summed E-state index contributed by atoms with van der Waals surface area (Å²) in [5.41, 5.74) is -5.57. The minimum absolute atomic E-state index is 0.00953. The van der Waals surface area contributed by atoms with Crippen molar-refractivity contribution in [2.24, 2.45) is 62.1 Å². The van der Waals surface area contributed by atoms with Gasteiger partial charge in [-0.3, -0.25) is 14.4 Å². The molecule has 4 saturated carbocycles. The Balaban J connectivity index is 0.791. The van der Waals surface area contributed by atoms with Gasteiger partial charge in [-0.1, -0.05) is 93.7 Å². The topological polar surface area (TPSA) is 708 Å². The molecule has 0 amide bonds. The first-order chi connectivity index (χ1) is 63.2. The SMILES string of the molecule is CC[C@H](C)[C@H](C[C@H](O)CC(=O)O[C@@H]1C(C)O[C@@H](OC(=O)[C@]23CCC(C)(C)CC2C2=CCC4[C@@]5(C)CC[C@H](O[C@@H]6OC(O)(C(=O)O)CC(O[C@@H]7OC[C@@H](O)C(O)C7O)C6OC(O)[C@@H](O)C(O)CO)[C@@](C)(C=O)C5CC[C@@]4(C)[C@]2(C)C[C@H]3O)C(O[C@@H]2OC(C)[C@H](O[C@H]3OCC(O)[C@H](O[C@H]4OCC(O)[C@H](O)C4O)C3O)C(O)C2O)C1O)OC(=O)C[C@@H](O)C[C@H](OC1(O)CO[C@@H](CO)C1O)[C@@H](C)CC. The Morgan fingerprint density at radius 1 is 0.563 bits per heavy atom. The summed E-state index contributed by atoms with van der Waals surface area (Å²) < 4.78 is 101. The van der Waals surface area contributed by atoms with Crippen LogP contribution in [0.4, 0.5) is 0 Å². The van der Waals surface area contributed by atoms with Crippen molar-refractivity contribution in [1.29, 1.82) is 0 Å². The van der Waals surface area contributed by atoms with Crippen molar-refractivity contribution in [3.8, 4) is 0 Å². The van der Waals surface area contributed by atoms with Crippen molar-refractivity contribution < 1.29 is 222 Å². The quantitative estimate of drug-likeness (QED) is 0.00697. The molecule has 12 rings (SSSR count). The predicted molar refractivity (Wildman–Crippen MR) is 449 cm³/mol. The van der Waals surface area contributed by atoms with E-state index in [9.17, 15) is 137 Å². The van der Waals surface area contributed by atoms with Crippen LogP contribution in [0.5, 0.6) is 0 Å². The molecular formula is C90H146O45. The number of hydrogen-bond donors (Lipinski definition) is 23. The summed E-state index contributed by atoms with van der Waals surface area (Å²) in [7, 11) is 0. The van der Waals surface area contributed by atoms with Gasteiger partial charge >= 0.3 is 23.9 Å². The Hall–Kier alpha value is -4.15. The normalized spacial score (nSPS) is 46.9. The zero-order valence-corrected chi connectivity index (χ0v) is 78.1. The Bertz CT molecular complexity index is 3980. The molecule has 48 atom stereocenters. The van der Waals surface area contributed by atoms with Gasteiger partial charge < -0.3 is 203 Å². The summed E-state index contributed by atoms with van der Waals surface area (Å²) in [4.78, 5) is 71.8. The monoisotopic (exact) mass is 1950 g/mol. The molecule has 0 aromatic rings. The fraction of sp³-hybridized carbons (Fsp3) is 0.922. The van der Waals surface area contributed by atoms with Gasteiger partial charge in [0.15, 0.2) is 49.9 Å². The second-order valence-corrected chi connectivity index (χ2v) is 41.6. The van der Waals surface area contributed by atoms with Crippen LogP contribution in [0, 0.1) is 62.1 Å². The van der Waals surface area contributed by atoms with E-state index in [4.69, 9.17) is 80.5 Å². The van der Waals surface area contributed by atoms with Crippen LogP contribution in [-0.2, 0) is 104 Å². The highest BCUT2D eigenvalue weighted by Gasteiger charge is 2.74. The van der Waals surface area contributed by atoms with E-state index in [-0.39, 0.29) is 50.4 Å². The molecule has 45 heteroatoms. The number of ether oxygens (including phenoxy) is 17. The van der Waals surface area contributed by atoms with Gasteiger partial charge in [-0.25, -0.2) is 4.79 Å². The third-order valence-electron chi connectivity index (χ3n) is 32.2. The molecule has 5 aliphatic carbocycles. The van der Waals surface area contributed by atoms with Crippen LogP contribution in [0.25, 0.3) is 0 Å². The predicted octanol–water partition coefficient (Wildman–Crippen LogP) is -5.10. The number of carbonyl (C=O) groups is 5. The number of aliphatic carboxylic acids is 1. The van der Waals surface area contributed by atoms with Crippen molar-refractivity contribution >= 4 is 30.2 Å². The first kappa shape index (κ1) is 110. The van der Waals surface area contributed by atoms with Gasteiger partial charge in [-0.2, -0.15) is 0 Å². The molecule has 0 aromatic carbocycles. The zero-order valence-electron chi connectivity index (χ0n) is 78.1. The lowest BCUT2D eigenvalue weighted by atomic mass is 9.33. The van der Waals surface area contributed by atoms with Crippen LogP contribution in [-0.4, -0.2) is 420 Å². The van der Waals surface area contributed by atoms with Gasteiger partial charge in [0.25, 0.3) is 5.79 Å². The molecule has 135 heavy (non-hydrogen) atoms. The molecule has 0 bridgehead atoms.